The van der Waals surface area contributed by atoms with Crippen LogP contribution >= 0.6 is 34.7 Å². The second-order valence-corrected chi connectivity index (χ2v) is 5.02. The maximum absolute atomic E-state index is 11.2. The minimum absolute atomic E-state index is 0.265. The van der Waals surface area contributed by atoms with Gasteiger partial charge in [-0.05, 0) is 18.4 Å². The van der Waals surface area contributed by atoms with Gasteiger partial charge in [0.2, 0.25) is 0 Å². The van der Waals surface area contributed by atoms with Crippen molar-refractivity contribution >= 4 is 40.5 Å². The minimum Gasteiger partial charge on any atom is -0.298 e. The predicted molar refractivity (Wildman–Crippen MR) is 56.4 cm³/mol. The van der Waals surface area contributed by atoms with Crippen LogP contribution in [0.3, 0.4) is 0 Å². The van der Waals surface area contributed by atoms with Crippen molar-refractivity contribution < 1.29 is 4.79 Å². The molecular weight excluding hydrogens is 212 g/mol. The third kappa shape index (κ3) is 3.17. The van der Waals surface area contributed by atoms with Gasteiger partial charge in [-0.2, -0.15) is 11.8 Å². The molecule has 1 heterocycles. The number of thioether (sulfide) groups is 1. The molecule has 0 unspecified atom stereocenters. The first-order valence-corrected chi connectivity index (χ1v) is 6.06. The number of halogens is 1. The summed E-state index contributed by atoms with van der Waals surface area (Å²) in [6, 6.07) is 3.74. The SMILES string of the molecule is CSCC(=O)Cc1ccc(Cl)s1. The number of Topliss-reactive ketones (excluding diaryl/α,β-unsaturated/α-hetero) is 1. The quantitative estimate of drug-likeness (QED) is 0.776. The Balaban J connectivity index is 2.46. The van der Waals surface area contributed by atoms with Crippen LogP contribution in [-0.2, 0) is 11.2 Å². The molecule has 0 spiro atoms. The van der Waals surface area contributed by atoms with Crippen LogP contribution in [-0.4, -0.2) is 17.8 Å². The van der Waals surface area contributed by atoms with Crippen LogP contribution in [0.5, 0.6) is 0 Å². The van der Waals surface area contributed by atoms with Crippen LogP contribution < -0.4 is 0 Å². The zero-order chi connectivity index (χ0) is 8.97. The van der Waals surface area contributed by atoms with Gasteiger partial charge in [-0.15, -0.1) is 11.3 Å². The van der Waals surface area contributed by atoms with Crippen molar-refractivity contribution in [3.8, 4) is 0 Å². The van der Waals surface area contributed by atoms with Gasteiger partial charge in [0.05, 0.1) is 10.1 Å². The fraction of sp³-hybridized carbons (Fsp3) is 0.375. The zero-order valence-corrected chi connectivity index (χ0v) is 9.06. The first-order chi connectivity index (χ1) is 5.72. The van der Waals surface area contributed by atoms with E-state index in [4.69, 9.17) is 11.6 Å². The topological polar surface area (TPSA) is 17.1 Å². The van der Waals surface area contributed by atoms with Gasteiger partial charge in [-0.1, -0.05) is 11.6 Å². The molecule has 0 fully saturated rings. The minimum atomic E-state index is 0.265. The average Bonchev–Trinajstić information content (AvgIpc) is 2.36. The Morgan fingerprint density at radius 2 is 2.42 bits per heavy atom. The van der Waals surface area contributed by atoms with E-state index < -0.39 is 0 Å². The van der Waals surface area contributed by atoms with E-state index in [1.165, 1.54) is 11.3 Å². The Hall–Kier alpha value is 0.01000. The van der Waals surface area contributed by atoms with Crippen LogP contribution in [0.25, 0.3) is 0 Å². The van der Waals surface area contributed by atoms with Gasteiger partial charge in [-0.25, -0.2) is 0 Å². The Bertz CT molecular complexity index is 270. The van der Waals surface area contributed by atoms with Crippen molar-refractivity contribution in [2.75, 3.05) is 12.0 Å². The highest BCUT2D eigenvalue weighted by molar-refractivity contribution is 7.99. The van der Waals surface area contributed by atoms with Crippen molar-refractivity contribution in [2.24, 2.45) is 0 Å². The standard InChI is InChI=1S/C8H9ClOS2/c1-11-5-6(10)4-7-2-3-8(9)12-7/h2-3H,4-5H2,1H3. The van der Waals surface area contributed by atoms with Gasteiger partial charge in [0.1, 0.15) is 5.78 Å². The third-order valence-electron chi connectivity index (χ3n) is 1.31. The molecule has 0 aliphatic carbocycles. The second kappa shape index (κ2) is 4.90. The number of hydrogen-bond acceptors (Lipinski definition) is 3. The maximum atomic E-state index is 11.2. The maximum Gasteiger partial charge on any atom is 0.147 e. The van der Waals surface area contributed by atoms with E-state index in [0.717, 1.165) is 9.21 Å². The first kappa shape index (κ1) is 10.1. The van der Waals surface area contributed by atoms with Crippen molar-refractivity contribution in [3.63, 3.8) is 0 Å². The third-order valence-corrected chi connectivity index (χ3v) is 3.15. The summed E-state index contributed by atoms with van der Waals surface area (Å²) in [7, 11) is 0. The molecule has 0 aliphatic rings. The van der Waals surface area contributed by atoms with Crippen LogP contribution in [0.1, 0.15) is 4.88 Å². The molecule has 1 nitrogen and oxygen atoms in total. The predicted octanol–water partition coefficient (Wildman–Crippen LogP) is 2.88. The lowest BCUT2D eigenvalue weighted by Gasteiger charge is -1.93. The lowest BCUT2D eigenvalue weighted by atomic mass is 10.3. The van der Waals surface area contributed by atoms with E-state index >= 15 is 0 Å². The van der Waals surface area contributed by atoms with E-state index in [9.17, 15) is 4.79 Å². The Labute approximate surface area is 85.1 Å². The molecule has 0 radical (unpaired) electrons. The van der Waals surface area contributed by atoms with Crippen LogP contribution in [0.2, 0.25) is 4.34 Å². The van der Waals surface area contributed by atoms with E-state index in [2.05, 4.69) is 0 Å². The Morgan fingerprint density at radius 3 is 2.92 bits per heavy atom. The molecule has 0 saturated carbocycles. The molecule has 0 amide bonds. The van der Waals surface area contributed by atoms with E-state index in [-0.39, 0.29) is 5.78 Å². The monoisotopic (exact) mass is 220 g/mol. The lowest BCUT2D eigenvalue weighted by molar-refractivity contribution is -0.115. The summed E-state index contributed by atoms with van der Waals surface area (Å²) >= 11 is 8.76. The zero-order valence-electron chi connectivity index (χ0n) is 6.67. The molecule has 1 aromatic rings. The summed E-state index contributed by atoms with van der Waals surface area (Å²) in [4.78, 5) is 12.2. The summed E-state index contributed by atoms with van der Waals surface area (Å²) in [6.45, 7) is 0. The molecule has 0 saturated heterocycles. The molecular formula is C8H9ClOS2. The summed E-state index contributed by atoms with van der Waals surface area (Å²) < 4.78 is 0.752. The fourth-order valence-electron chi connectivity index (χ4n) is 0.853. The molecule has 0 atom stereocenters. The highest BCUT2D eigenvalue weighted by atomic mass is 35.5. The van der Waals surface area contributed by atoms with Crippen molar-refractivity contribution in [2.45, 2.75) is 6.42 Å². The molecule has 0 aromatic carbocycles. The molecule has 1 aromatic heterocycles. The normalized spacial score (nSPS) is 10.2. The molecule has 1 rings (SSSR count). The molecule has 66 valence electrons. The fourth-order valence-corrected chi connectivity index (χ4v) is 2.39. The van der Waals surface area contributed by atoms with Crippen LogP contribution in [0, 0.1) is 0 Å². The summed E-state index contributed by atoms with van der Waals surface area (Å²) in [5, 5.41) is 0. The summed E-state index contributed by atoms with van der Waals surface area (Å²) in [5.41, 5.74) is 0. The first-order valence-electron chi connectivity index (χ1n) is 3.47. The van der Waals surface area contributed by atoms with Gasteiger partial charge in [0.15, 0.2) is 0 Å². The van der Waals surface area contributed by atoms with E-state index in [1.54, 1.807) is 11.8 Å². The van der Waals surface area contributed by atoms with E-state index in [0.29, 0.717) is 12.2 Å². The van der Waals surface area contributed by atoms with Crippen molar-refractivity contribution in [3.05, 3.63) is 21.3 Å². The molecule has 4 heteroatoms. The van der Waals surface area contributed by atoms with E-state index in [1.807, 2.05) is 18.4 Å². The number of ketones is 1. The van der Waals surface area contributed by atoms with Gasteiger partial charge >= 0.3 is 0 Å². The second-order valence-electron chi connectivity index (χ2n) is 2.35. The smallest absolute Gasteiger partial charge is 0.147 e. The van der Waals surface area contributed by atoms with Crippen LogP contribution in [0.4, 0.5) is 0 Å². The van der Waals surface area contributed by atoms with Crippen molar-refractivity contribution in [1.29, 1.82) is 0 Å². The number of hydrogen-bond donors (Lipinski definition) is 0. The Morgan fingerprint density at radius 1 is 1.67 bits per heavy atom. The summed E-state index contributed by atoms with van der Waals surface area (Å²) in [6.07, 6.45) is 2.46. The molecule has 0 bridgehead atoms. The molecule has 12 heavy (non-hydrogen) atoms. The van der Waals surface area contributed by atoms with Crippen molar-refractivity contribution in [1.82, 2.24) is 0 Å². The van der Waals surface area contributed by atoms with Gasteiger partial charge in [-0.3, -0.25) is 4.79 Å². The largest absolute Gasteiger partial charge is 0.298 e. The van der Waals surface area contributed by atoms with Gasteiger partial charge in [0.25, 0.3) is 0 Å². The van der Waals surface area contributed by atoms with Gasteiger partial charge < -0.3 is 0 Å². The molecule has 0 aliphatic heterocycles. The Kier molecular flexibility index (Phi) is 4.12. The number of thiophene rings is 1. The average molecular weight is 221 g/mol. The number of carbonyl (C=O) groups is 1. The van der Waals surface area contributed by atoms with Gasteiger partial charge in [0, 0.05) is 11.3 Å². The molecule has 0 N–H and O–H groups in total. The number of carbonyl (C=O) groups excluding carboxylic acids is 1. The highest BCUT2D eigenvalue weighted by Gasteiger charge is 2.04. The number of rotatable bonds is 4. The summed E-state index contributed by atoms with van der Waals surface area (Å²) in [5.74, 6) is 0.858. The lowest BCUT2D eigenvalue weighted by Crippen LogP contribution is -2.03. The van der Waals surface area contributed by atoms with Crippen LogP contribution in [0.15, 0.2) is 12.1 Å². The highest BCUT2D eigenvalue weighted by Crippen LogP contribution is 2.21.